The molecule has 0 spiro atoms. The van der Waals surface area contributed by atoms with E-state index in [2.05, 4.69) is 28.5 Å². The summed E-state index contributed by atoms with van der Waals surface area (Å²) in [5.41, 5.74) is 4.48. The Morgan fingerprint density at radius 1 is 0.930 bits per heavy atom. The van der Waals surface area contributed by atoms with E-state index in [0.717, 1.165) is 46.6 Å². The maximum atomic E-state index is 14.0. The van der Waals surface area contributed by atoms with E-state index < -0.39 is 23.9 Å². The summed E-state index contributed by atoms with van der Waals surface area (Å²) >= 11 is 0. The third-order valence-corrected chi connectivity index (χ3v) is 8.52. The Labute approximate surface area is 248 Å². The first-order valence-electron chi connectivity index (χ1n) is 14.4. The van der Waals surface area contributed by atoms with Gasteiger partial charge in [-0.2, -0.15) is 10.2 Å². The molecule has 0 aromatic heterocycles. The highest BCUT2D eigenvalue weighted by atomic mass is 16.5. The molecule has 3 aromatic carbocycles. The van der Waals surface area contributed by atoms with Crippen LogP contribution in [-0.4, -0.2) is 59.2 Å². The highest BCUT2D eigenvalue weighted by molar-refractivity contribution is 6.26. The minimum atomic E-state index is -1.02. The van der Waals surface area contributed by atoms with Crippen molar-refractivity contribution in [2.45, 2.75) is 37.4 Å². The van der Waals surface area contributed by atoms with Gasteiger partial charge in [-0.3, -0.25) is 19.4 Å². The van der Waals surface area contributed by atoms with Gasteiger partial charge in [-0.15, -0.1) is 0 Å². The number of rotatable bonds is 6. The van der Waals surface area contributed by atoms with Crippen molar-refractivity contribution in [3.63, 3.8) is 0 Å². The van der Waals surface area contributed by atoms with Gasteiger partial charge in [-0.1, -0.05) is 78.0 Å². The molecule has 0 bridgehead atoms. The fourth-order valence-electron chi connectivity index (χ4n) is 6.56. The van der Waals surface area contributed by atoms with Crippen molar-refractivity contribution in [1.82, 2.24) is 10.0 Å². The van der Waals surface area contributed by atoms with E-state index in [9.17, 15) is 14.4 Å². The molecule has 0 N–H and O–H groups in total. The predicted molar refractivity (Wildman–Crippen MR) is 160 cm³/mol. The smallest absolute Gasteiger partial charge is 0.264 e. The first-order valence-corrected chi connectivity index (χ1v) is 14.4. The summed E-state index contributed by atoms with van der Waals surface area (Å²) in [4.78, 5) is 42.0. The molecule has 1 saturated carbocycles. The van der Waals surface area contributed by atoms with E-state index in [1.54, 1.807) is 29.3 Å². The quantitative estimate of drug-likeness (QED) is 0.393. The Morgan fingerprint density at radius 2 is 1.65 bits per heavy atom. The molecule has 3 aromatic rings. The van der Waals surface area contributed by atoms with Crippen LogP contribution in [0.3, 0.4) is 0 Å². The summed E-state index contributed by atoms with van der Waals surface area (Å²) < 4.78 is 5.39. The van der Waals surface area contributed by atoms with Gasteiger partial charge in [0.25, 0.3) is 17.7 Å². The van der Waals surface area contributed by atoms with Crippen LogP contribution in [0.2, 0.25) is 0 Å². The molecule has 4 aliphatic rings. The topological polar surface area (TPSA) is 107 Å². The molecular formula is C33H30N6O4. The van der Waals surface area contributed by atoms with Gasteiger partial charge in [0.05, 0.1) is 24.6 Å². The Morgan fingerprint density at radius 3 is 2.42 bits per heavy atom. The number of fused-ring (bicyclic) bond motifs is 2. The van der Waals surface area contributed by atoms with Gasteiger partial charge in [0.1, 0.15) is 12.3 Å². The van der Waals surface area contributed by atoms with Crippen LogP contribution in [0.4, 0.5) is 5.69 Å². The fraction of sp³-hybridized carbons (Fsp3) is 0.273. The second-order valence-corrected chi connectivity index (χ2v) is 11.0. The average molecular weight is 575 g/mol. The van der Waals surface area contributed by atoms with Gasteiger partial charge in [0.2, 0.25) is 0 Å². The Kier molecular flexibility index (Phi) is 6.81. The minimum absolute atomic E-state index is 0.0405. The zero-order valence-electron chi connectivity index (χ0n) is 23.6. The standard InChI is InChI=1S/C33H30N6O4/c1-43-26-18-9-8-17-25(26)38-32(41)29-31(33(38)42)37(36-34-29)20-27(40)39-30(22-13-6-3-7-14-22)24-16-10-15-23(28(24)35-39)19-21-11-4-2-5-12-21/h2-9,11-14,17-19,24,29-31H,10,15-16,20H2,1H3/b23-19+. The molecule has 10 nitrogen and oxygen atoms in total. The lowest BCUT2D eigenvalue weighted by Crippen LogP contribution is -2.45. The van der Waals surface area contributed by atoms with Crippen molar-refractivity contribution in [3.8, 4) is 5.75 Å². The van der Waals surface area contributed by atoms with E-state index in [1.165, 1.54) is 12.1 Å². The van der Waals surface area contributed by atoms with Crippen molar-refractivity contribution < 1.29 is 19.1 Å². The Hall–Kier alpha value is -5.12. The SMILES string of the molecule is COc1ccccc1N1C(=O)C2N=NN(CC(=O)N3N=C4/C(=C/c5ccccc5)CCCC4C3c3ccccc3)C2C1=O. The summed E-state index contributed by atoms with van der Waals surface area (Å²) in [6.07, 6.45) is 4.94. The molecule has 4 atom stereocenters. The molecule has 10 heteroatoms. The van der Waals surface area contributed by atoms with Crippen molar-refractivity contribution in [3.05, 3.63) is 102 Å². The molecule has 0 radical (unpaired) electrons. The van der Waals surface area contributed by atoms with E-state index in [4.69, 9.17) is 9.84 Å². The monoisotopic (exact) mass is 574 g/mol. The van der Waals surface area contributed by atoms with Crippen LogP contribution in [0, 0.1) is 5.92 Å². The van der Waals surface area contributed by atoms with Gasteiger partial charge >= 0.3 is 0 Å². The molecule has 2 fully saturated rings. The van der Waals surface area contributed by atoms with Crippen LogP contribution in [0.15, 0.2) is 106 Å². The van der Waals surface area contributed by atoms with Crippen LogP contribution in [0.25, 0.3) is 6.08 Å². The zero-order chi connectivity index (χ0) is 29.5. The number of para-hydroxylation sites is 2. The molecule has 1 aliphatic carbocycles. The summed E-state index contributed by atoms with van der Waals surface area (Å²) in [5, 5.41) is 16.1. The molecule has 3 aliphatic heterocycles. The average Bonchev–Trinajstić information content (AvgIpc) is 3.71. The van der Waals surface area contributed by atoms with Crippen molar-refractivity contribution >= 4 is 35.2 Å². The number of ether oxygens (including phenoxy) is 1. The molecule has 1 saturated heterocycles. The third-order valence-electron chi connectivity index (χ3n) is 8.52. The van der Waals surface area contributed by atoms with Crippen molar-refractivity contribution in [2.24, 2.45) is 21.4 Å². The molecular weight excluding hydrogens is 544 g/mol. The first-order chi connectivity index (χ1) is 21.0. The number of hydrogen-bond acceptors (Lipinski definition) is 8. The molecule has 43 heavy (non-hydrogen) atoms. The zero-order valence-corrected chi connectivity index (χ0v) is 23.6. The number of benzene rings is 3. The van der Waals surface area contributed by atoms with Crippen molar-refractivity contribution in [2.75, 3.05) is 18.6 Å². The van der Waals surface area contributed by atoms with Gasteiger partial charge in [0, 0.05) is 5.92 Å². The summed E-state index contributed by atoms with van der Waals surface area (Å²) in [6.45, 7) is -0.242. The number of methoxy groups -OCH3 is 1. The highest BCUT2D eigenvalue weighted by Crippen LogP contribution is 2.45. The lowest BCUT2D eigenvalue weighted by molar-refractivity contribution is -0.136. The van der Waals surface area contributed by atoms with Gasteiger partial charge in [-0.05, 0) is 54.2 Å². The number of imide groups is 1. The van der Waals surface area contributed by atoms with Crippen LogP contribution in [0.1, 0.15) is 36.4 Å². The van der Waals surface area contributed by atoms with Crippen LogP contribution in [-0.2, 0) is 14.4 Å². The lowest BCUT2D eigenvalue weighted by atomic mass is 9.77. The van der Waals surface area contributed by atoms with Crippen LogP contribution >= 0.6 is 0 Å². The number of nitrogens with zero attached hydrogens (tertiary/aromatic N) is 6. The molecule has 3 amide bonds. The van der Waals surface area contributed by atoms with Crippen molar-refractivity contribution in [1.29, 1.82) is 0 Å². The first kappa shape index (κ1) is 26.8. The molecule has 7 rings (SSSR count). The Bertz CT molecular complexity index is 1670. The Balaban J connectivity index is 1.18. The number of amides is 3. The summed E-state index contributed by atoms with van der Waals surface area (Å²) in [5.74, 6) is -0.872. The molecule has 216 valence electrons. The largest absolute Gasteiger partial charge is 0.495 e. The summed E-state index contributed by atoms with van der Waals surface area (Å²) in [7, 11) is 1.48. The normalized spacial score (nSPS) is 25.3. The predicted octanol–water partition coefficient (Wildman–Crippen LogP) is 4.81. The maximum Gasteiger partial charge on any atom is 0.264 e. The molecule has 3 heterocycles. The number of carbonyl (C=O) groups excluding carboxylic acids is 3. The number of hydrazone groups is 1. The lowest BCUT2D eigenvalue weighted by Gasteiger charge is -2.30. The van der Waals surface area contributed by atoms with E-state index in [0.29, 0.717) is 11.4 Å². The fourth-order valence-corrected chi connectivity index (χ4v) is 6.56. The second-order valence-electron chi connectivity index (χ2n) is 11.0. The number of carbonyl (C=O) groups is 3. The van der Waals surface area contributed by atoms with E-state index in [-0.39, 0.29) is 24.4 Å². The molecule has 4 unspecified atom stereocenters. The number of hydrogen-bond donors (Lipinski definition) is 0. The minimum Gasteiger partial charge on any atom is -0.495 e. The van der Waals surface area contributed by atoms with Gasteiger partial charge in [0.15, 0.2) is 12.1 Å². The van der Waals surface area contributed by atoms with Gasteiger partial charge < -0.3 is 4.74 Å². The van der Waals surface area contributed by atoms with E-state index in [1.807, 2.05) is 48.5 Å². The third kappa shape index (κ3) is 4.59. The second kappa shape index (κ2) is 10.9. The van der Waals surface area contributed by atoms with E-state index >= 15 is 0 Å². The summed E-state index contributed by atoms with van der Waals surface area (Å²) in [6, 6.07) is 24.6. The van der Waals surface area contributed by atoms with Crippen LogP contribution < -0.4 is 9.64 Å². The highest BCUT2D eigenvalue weighted by Gasteiger charge is 2.56. The number of allylic oxidation sites excluding steroid dienone is 1. The number of anilines is 1. The van der Waals surface area contributed by atoms with Gasteiger partial charge in [-0.25, -0.2) is 9.91 Å². The van der Waals surface area contributed by atoms with Crippen LogP contribution in [0.5, 0.6) is 5.75 Å². The maximum absolute atomic E-state index is 14.0.